The molecule has 0 aromatic heterocycles. The van der Waals surface area contributed by atoms with Crippen LogP contribution in [-0.4, -0.2) is 72.2 Å². The lowest BCUT2D eigenvalue weighted by Crippen LogP contribution is -2.57. The molecule has 1 aliphatic heterocycles. The van der Waals surface area contributed by atoms with Gasteiger partial charge in [-0.2, -0.15) is 0 Å². The number of carbonyl (C=O) groups is 4. The summed E-state index contributed by atoms with van der Waals surface area (Å²) in [7, 11) is 1.57. The van der Waals surface area contributed by atoms with E-state index in [4.69, 9.17) is 9.47 Å². The van der Waals surface area contributed by atoms with Gasteiger partial charge in [0.15, 0.2) is 5.78 Å². The summed E-state index contributed by atoms with van der Waals surface area (Å²) in [5.41, 5.74) is -0.0669. The number of aliphatic hydroxyl groups is 1. The summed E-state index contributed by atoms with van der Waals surface area (Å²) in [6.45, 7) is 3.66. The van der Waals surface area contributed by atoms with Crippen LogP contribution in [0.5, 0.6) is 5.75 Å². The highest BCUT2D eigenvalue weighted by Crippen LogP contribution is 2.34. The van der Waals surface area contributed by atoms with E-state index in [0.717, 1.165) is 24.8 Å². The molecule has 40 heavy (non-hydrogen) atoms. The SMILES string of the molecule is COc1ccc(C[C@H](NC(=O)[C@H](C)NC(=O)[C@H]2CC[C@H](O)CC2)C(=O)N[C@@H](CC2CCC2)C(=O)[C@@]2(C)CO2)cc1. The summed E-state index contributed by atoms with van der Waals surface area (Å²) in [5.74, 6) is -0.508. The lowest BCUT2D eigenvalue weighted by molar-refractivity contribution is -0.135. The fourth-order valence-corrected chi connectivity index (χ4v) is 5.42. The standard InChI is InChI=1S/C30H43N3O7/c1-18(31-28(37)21-9-11-22(34)12-10-21)27(36)33-25(16-20-7-13-23(39-3)14-8-20)29(38)32-24(15-19-5-4-6-19)26(35)30(2)17-40-30/h7-8,13-14,18-19,21-22,24-25,34H,4-6,9-12,15-17H2,1-3H3,(H,31,37)(H,32,38)(H,33,36)/t18-,21-,22-,24-,25-,30+/m0/s1. The maximum absolute atomic E-state index is 13.6. The molecule has 220 valence electrons. The van der Waals surface area contributed by atoms with E-state index in [9.17, 15) is 24.3 Å². The maximum Gasteiger partial charge on any atom is 0.243 e. The number of rotatable bonds is 13. The van der Waals surface area contributed by atoms with Crippen LogP contribution >= 0.6 is 0 Å². The van der Waals surface area contributed by atoms with Gasteiger partial charge in [-0.1, -0.05) is 31.4 Å². The Morgan fingerprint density at radius 2 is 1.60 bits per heavy atom. The fraction of sp³-hybridized carbons (Fsp3) is 0.667. The number of epoxide rings is 1. The molecule has 0 bridgehead atoms. The molecule has 1 aromatic rings. The van der Waals surface area contributed by atoms with Gasteiger partial charge < -0.3 is 30.5 Å². The van der Waals surface area contributed by atoms with Crippen LogP contribution in [0.3, 0.4) is 0 Å². The van der Waals surface area contributed by atoms with Crippen LogP contribution in [-0.2, 0) is 30.3 Å². The number of aliphatic hydroxyl groups excluding tert-OH is 1. The molecule has 2 aliphatic carbocycles. The van der Waals surface area contributed by atoms with Crippen molar-refractivity contribution < 1.29 is 33.8 Å². The van der Waals surface area contributed by atoms with Crippen LogP contribution in [0.1, 0.15) is 70.8 Å². The first-order chi connectivity index (χ1) is 19.1. The van der Waals surface area contributed by atoms with Gasteiger partial charge in [0, 0.05) is 12.3 Å². The van der Waals surface area contributed by atoms with Crippen LogP contribution < -0.4 is 20.7 Å². The lowest BCUT2D eigenvalue weighted by Gasteiger charge is -2.31. The Morgan fingerprint density at radius 3 is 2.15 bits per heavy atom. The summed E-state index contributed by atoms with van der Waals surface area (Å²) >= 11 is 0. The molecule has 1 saturated heterocycles. The normalized spacial score (nSPS) is 26.4. The predicted molar refractivity (Wildman–Crippen MR) is 147 cm³/mol. The van der Waals surface area contributed by atoms with Crippen LogP contribution in [0.15, 0.2) is 24.3 Å². The van der Waals surface area contributed by atoms with Gasteiger partial charge in [-0.15, -0.1) is 0 Å². The first kappa shape index (κ1) is 30.0. The number of amides is 3. The highest BCUT2D eigenvalue weighted by atomic mass is 16.6. The average Bonchev–Trinajstić information content (AvgIpc) is 3.67. The zero-order valence-electron chi connectivity index (χ0n) is 23.7. The minimum Gasteiger partial charge on any atom is -0.497 e. The number of carbonyl (C=O) groups excluding carboxylic acids is 4. The minimum atomic E-state index is -0.963. The number of methoxy groups -OCH3 is 1. The molecular formula is C30H43N3O7. The Bertz CT molecular complexity index is 1060. The molecule has 4 atom stereocenters. The zero-order valence-corrected chi connectivity index (χ0v) is 23.7. The highest BCUT2D eigenvalue weighted by Gasteiger charge is 2.50. The molecule has 3 aliphatic rings. The number of ketones is 1. The summed E-state index contributed by atoms with van der Waals surface area (Å²) < 4.78 is 10.6. The van der Waals surface area contributed by atoms with Crippen molar-refractivity contribution in [2.45, 2.75) is 101 Å². The van der Waals surface area contributed by atoms with Gasteiger partial charge in [0.05, 0.1) is 25.9 Å². The number of Topliss-reactive ketones (excluding diaryl/α,β-unsaturated/α-hetero) is 1. The quantitative estimate of drug-likeness (QED) is 0.271. The van der Waals surface area contributed by atoms with E-state index in [2.05, 4.69) is 16.0 Å². The maximum atomic E-state index is 13.6. The van der Waals surface area contributed by atoms with E-state index < -0.39 is 35.5 Å². The molecule has 3 amide bonds. The number of hydrogen-bond acceptors (Lipinski definition) is 7. The van der Waals surface area contributed by atoms with Crippen molar-refractivity contribution in [1.29, 1.82) is 0 Å². The second kappa shape index (κ2) is 13.1. The second-order valence-corrected chi connectivity index (χ2v) is 11.8. The molecular weight excluding hydrogens is 514 g/mol. The van der Waals surface area contributed by atoms with Gasteiger partial charge in [0.25, 0.3) is 0 Å². The largest absolute Gasteiger partial charge is 0.497 e. The Balaban J connectivity index is 1.44. The third-order valence-corrected chi connectivity index (χ3v) is 8.58. The van der Waals surface area contributed by atoms with Crippen molar-refractivity contribution >= 4 is 23.5 Å². The Labute approximate surface area is 235 Å². The third-order valence-electron chi connectivity index (χ3n) is 8.58. The summed E-state index contributed by atoms with van der Waals surface area (Å²) in [4.78, 5) is 52.8. The Kier molecular flexibility index (Phi) is 9.84. The molecule has 4 N–H and O–H groups in total. The minimum absolute atomic E-state index is 0.138. The Morgan fingerprint density at radius 1 is 0.975 bits per heavy atom. The van der Waals surface area contributed by atoms with E-state index in [-0.39, 0.29) is 30.1 Å². The molecule has 1 aromatic carbocycles. The van der Waals surface area contributed by atoms with Gasteiger partial charge >= 0.3 is 0 Å². The number of benzene rings is 1. The summed E-state index contributed by atoms with van der Waals surface area (Å²) in [6, 6.07) is 4.69. The van der Waals surface area contributed by atoms with Crippen LogP contribution in [0, 0.1) is 11.8 Å². The molecule has 10 nitrogen and oxygen atoms in total. The van der Waals surface area contributed by atoms with E-state index in [0.29, 0.717) is 50.4 Å². The summed E-state index contributed by atoms with van der Waals surface area (Å²) in [5, 5.41) is 18.2. The number of hydrogen-bond donors (Lipinski definition) is 4. The van der Waals surface area contributed by atoms with Crippen molar-refractivity contribution in [3.63, 3.8) is 0 Å². The fourth-order valence-electron chi connectivity index (χ4n) is 5.42. The third kappa shape index (κ3) is 7.81. The molecule has 0 spiro atoms. The van der Waals surface area contributed by atoms with E-state index in [1.54, 1.807) is 33.1 Å². The number of nitrogens with one attached hydrogen (secondary N) is 3. The average molecular weight is 558 g/mol. The molecule has 2 saturated carbocycles. The second-order valence-electron chi connectivity index (χ2n) is 11.8. The van der Waals surface area contributed by atoms with Gasteiger partial charge in [0.1, 0.15) is 23.4 Å². The zero-order chi connectivity index (χ0) is 28.9. The molecule has 0 unspecified atom stereocenters. The highest BCUT2D eigenvalue weighted by molar-refractivity contribution is 5.98. The van der Waals surface area contributed by atoms with E-state index in [1.807, 2.05) is 12.1 Å². The van der Waals surface area contributed by atoms with Gasteiger partial charge in [0.2, 0.25) is 17.7 Å². The summed E-state index contributed by atoms with van der Waals surface area (Å²) in [6.07, 6.45) is 5.81. The van der Waals surface area contributed by atoms with Gasteiger partial charge in [-0.3, -0.25) is 19.2 Å². The van der Waals surface area contributed by atoms with Crippen molar-refractivity contribution in [3.05, 3.63) is 29.8 Å². The van der Waals surface area contributed by atoms with Gasteiger partial charge in [-0.05, 0) is 69.6 Å². The first-order valence-electron chi connectivity index (χ1n) is 14.5. The smallest absolute Gasteiger partial charge is 0.243 e. The van der Waals surface area contributed by atoms with Crippen molar-refractivity contribution in [1.82, 2.24) is 16.0 Å². The predicted octanol–water partition coefficient (Wildman–Crippen LogP) is 1.81. The van der Waals surface area contributed by atoms with Gasteiger partial charge in [-0.25, -0.2) is 0 Å². The Hall–Kier alpha value is -2.98. The van der Waals surface area contributed by atoms with Crippen molar-refractivity contribution in [2.75, 3.05) is 13.7 Å². The van der Waals surface area contributed by atoms with Crippen molar-refractivity contribution in [2.24, 2.45) is 11.8 Å². The topological polar surface area (TPSA) is 146 Å². The van der Waals surface area contributed by atoms with E-state index >= 15 is 0 Å². The van der Waals surface area contributed by atoms with Crippen LogP contribution in [0.25, 0.3) is 0 Å². The monoisotopic (exact) mass is 557 g/mol. The first-order valence-corrected chi connectivity index (χ1v) is 14.5. The number of ether oxygens (including phenoxy) is 2. The molecule has 10 heteroatoms. The molecule has 0 radical (unpaired) electrons. The van der Waals surface area contributed by atoms with Crippen LogP contribution in [0.2, 0.25) is 0 Å². The van der Waals surface area contributed by atoms with Crippen molar-refractivity contribution in [3.8, 4) is 5.75 Å². The molecule has 3 fully saturated rings. The van der Waals surface area contributed by atoms with Crippen LogP contribution in [0.4, 0.5) is 0 Å². The van der Waals surface area contributed by atoms with E-state index in [1.165, 1.54) is 0 Å². The lowest BCUT2D eigenvalue weighted by atomic mass is 9.79. The molecule has 1 heterocycles. The molecule has 4 rings (SSSR count).